The zero-order chi connectivity index (χ0) is 7.03. The summed E-state index contributed by atoms with van der Waals surface area (Å²) < 4.78 is 0. The molecular formula is C7H6N2O. The molecule has 1 unspecified atom stereocenters. The normalized spacial score (nSPS) is 34.2. The van der Waals surface area contributed by atoms with Gasteiger partial charge in [-0.3, -0.25) is 9.98 Å². The molecule has 0 aromatic rings. The first-order chi connectivity index (χ1) is 4.81. The van der Waals surface area contributed by atoms with E-state index in [1.807, 2.05) is 6.08 Å². The van der Waals surface area contributed by atoms with Crippen molar-refractivity contribution in [2.45, 2.75) is 5.54 Å². The molecular weight excluding hydrogens is 128 g/mol. The number of nitrogens with zero attached hydrogens (tertiary/aromatic N) is 2. The SMILES string of the molecule is OC1=CC2(C=CN=C2)N=C1. The molecule has 0 aliphatic carbocycles. The van der Waals surface area contributed by atoms with Gasteiger partial charge < -0.3 is 5.11 Å². The highest BCUT2D eigenvalue weighted by Gasteiger charge is 2.27. The van der Waals surface area contributed by atoms with E-state index in [4.69, 9.17) is 5.11 Å². The number of hydrogen-bond acceptors (Lipinski definition) is 3. The van der Waals surface area contributed by atoms with E-state index in [9.17, 15) is 0 Å². The van der Waals surface area contributed by atoms with Crippen molar-refractivity contribution in [3.8, 4) is 0 Å². The summed E-state index contributed by atoms with van der Waals surface area (Å²) in [4.78, 5) is 7.92. The van der Waals surface area contributed by atoms with Crippen molar-refractivity contribution < 1.29 is 5.11 Å². The van der Waals surface area contributed by atoms with E-state index in [1.54, 1.807) is 18.5 Å². The summed E-state index contributed by atoms with van der Waals surface area (Å²) in [6.07, 6.45) is 8.27. The molecule has 1 atom stereocenters. The Morgan fingerprint density at radius 1 is 1.50 bits per heavy atom. The third-order valence-electron chi connectivity index (χ3n) is 1.51. The zero-order valence-corrected chi connectivity index (χ0v) is 5.23. The minimum absolute atomic E-state index is 0.206. The van der Waals surface area contributed by atoms with Gasteiger partial charge in [0.2, 0.25) is 0 Å². The molecule has 0 radical (unpaired) electrons. The number of aliphatic imine (C=N–C) groups is 2. The van der Waals surface area contributed by atoms with Crippen LogP contribution in [-0.2, 0) is 0 Å². The fraction of sp³-hybridized carbons (Fsp3) is 0.143. The van der Waals surface area contributed by atoms with E-state index in [2.05, 4.69) is 9.98 Å². The van der Waals surface area contributed by atoms with Crippen molar-refractivity contribution in [2.24, 2.45) is 9.98 Å². The van der Waals surface area contributed by atoms with Crippen LogP contribution in [0.1, 0.15) is 0 Å². The van der Waals surface area contributed by atoms with E-state index in [0.29, 0.717) is 0 Å². The fourth-order valence-electron chi connectivity index (χ4n) is 1.02. The molecule has 2 aliphatic rings. The average Bonchev–Trinajstić information content (AvgIpc) is 2.46. The van der Waals surface area contributed by atoms with Gasteiger partial charge in [-0.15, -0.1) is 0 Å². The maximum absolute atomic E-state index is 8.97. The van der Waals surface area contributed by atoms with Crippen LogP contribution in [0.25, 0.3) is 0 Å². The van der Waals surface area contributed by atoms with Crippen molar-refractivity contribution in [1.29, 1.82) is 0 Å². The summed E-state index contributed by atoms with van der Waals surface area (Å²) in [5.41, 5.74) is -0.454. The van der Waals surface area contributed by atoms with E-state index in [0.717, 1.165) is 0 Å². The minimum Gasteiger partial charge on any atom is -0.507 e. The van der Waals surface area contributed by atoms with Crippen molar-refractivity contribution in [3.63, 3.8) is 0 Å². The van der Waals surface area contributed by atoms with E-state index >= 15 is 0 Å². The summed E-state index contributed by atoms with van der Waals surface area (Å²) >= 11 is 0. The first-order valence-corrected chi connectivity index (χ1v) is 3.00. The fourth-order valence-corrected chi connectivity index (χ4v) is 1.02. The molecule has 0 aromatic heterocycles. The molecule has 50 valence electrons. The van der Waals surface area contributed by atoms with Crippen LogP contribution < -0.4 is 0 Å². The lowest BCUT2D eigenvalue weighted by molar-refractivity contribution is 0.446. The zero-order valence-electron chi connectivity index (χ0n) is 5.23. The Bertz CT molecular complexity index is 261. The van der Waals surface area contributed by atoms with Gasteiger partial charge in [-0.05, 0) is 12.2 Å². The predicted octanol–water partition coefficient (Wildman–Crippen LogP) is 0.850. The number of allylic oxidation sites excluding steroid dienone is 1. The second kappa shape index (κ2) is 1.56. The summed E-state index contributed by atoms with van der Waals surface area (Å²) in [7, 11) is 0. The third-order valence-corrected chi connectivity index (χ3v) is 1.51. The quantitative estimate of drug-likeness (QED) is 0.524. The van der Waals surface area contributed by atoms with Gasteiger partial charge in [-0.1, -0.05) is 0 Å². The van der Waals surface area contributed by atoms with Crippen LogP contribution in [0.3, 0.4) is 0 Å². The maximum atomic E-state index is 8.97. The van der Waals surface area contributed by atoms with Crippen LogP contribution in [0, 0.1) is 0 Å². The Morgan fingerprint density at radius 2 is 2.40 bits per heavy atom. The molecule has 2 heterocycles. The summed E-state index contributed by atoms with van der Waals surface area (Å²) in [6, 6.07) is 0. The van der Waals surface area contributed by atoms with Gasteiger partial charge >= 0.3 is 0 Å². The number of aliphatic hydroxyl groups is 1. The third kappa shape index (κ3) is 0.603. The van der Waals surface area contributed by atoms with Crippen LogP contribution in [-0.4, -0.2) is 23.1 Å². The van der Waals surface area contributed by atoms with E-state index < -0.39 is 5.54 Å². The molecule has 0 fully saturated rings. The van der Waals surface area contributed by atoms with E-state index in [1.165, 1.54) is 6.21 Å². The first kappa shape index (κ1) is 5.41. The average molecular weight is 134 g/mol. The summed E-state index contributed by atoms with van der Waals surface area (Å²) in [5.74, 6) is 0.206. The Hall–Kier alpha value is -1.38. The van der Waals surface area contributed by atoms with Gasteiger partial charge in [0.25, 0.3) is 0 Å². The molecule has 0 bridgehead atoms. The smallest absolute Gasteiger partial charge is 0.138 e. The molecule has 0 saturated heterocycles. The van der Waals surface area contributed by atoms with E-state index in [-0.39, 0.29) is 5.76 Å². The van der Waals surface area contributed by atoms with Crippen LogP contribution in [0.4, 0.5) is 0 Å². The predicted molar refractivity (Wildman–Crippen MR) is 39.6 cm³/mol. The van der Waals surface area contributed by atoms with Gasteiger partial charge in [0.15, 0.2) is 0 Å². The minimum atomic E-state index is -0.454. The lowest BCUT2D eigenvalue weighted by Gasteiger charge is -2.06. The second-order valence-corrected chi connectivity index (χ2v) is 2.31. The molecule has 3 heteroatoms. The second-order valence-electron chi connectivity index (χ2n) is 2.31. The lowest BCUT2D eigenvalue weighted by Crippen LogP contribution is -2.17. The molecule has 3 nitrogen and oxygen atoms in total. The molecule has 0 saturated carbocycles. The Labute approximate surface area is 58.1 Å². The van der Waals surface area contributed by atoms with Crippen molar-refractivity contribution in [3.05, 3.63) is 24.1 Å². The van der Waals surface area contributed by atoms with Crippen LogP contribution in [0.5, 0.6) is 0 Å². The van der Waals surface area contributed by atoms with Crippen molar-refractivity contribution in [2.75, 3.05) is 0 Å². The highest BCUT2D eigenvalue weighted by Crippen LogP contribution is 2.22. The van der Waals surface area contributed by atoms with Crippen LogP contribution in [0.15, 0.2) is 34.1 Å². The molecule has 2 rings (SSSR count). The Balaban J connectivity index is 2.44. The monoisotopic (exact) mass is 134 g/mol. The molecule has 1 spiro atoms. The highest BCUT2D eigenvalue weighted by atomic mass is 16.3. The highest BCUT2D eigenvalue weighted by molar-refractivity contribution is 5.91. The molecule has 0 aromatic carbocycles. The van der Waals surface area contributed by atoms with Crippen LogP contribution >= 0.6 is 0 Å². The standard InChI is InChI=1S/C7H6N2O/c10-6-3-7(9-4-6)1-2-8-5-7/h1-5,10H. The summed E-state index contributed by atoms with van der Waals surface area (Å²) in [5, 5.41) is 8.97. The number of hydrogen-bond donors (Lipinski definition) is 1. The Morgan fingerprint density at radius 3 is 2.90 bits per heavy atom. The van der Waals surface area contributed by atoms with Crippen molar-refractivity contribution in [1.82, 2.24) is 0 Å². The van der Waals surface area contributed by atoms with Crippen molar-refractivity contribution >= 4 is 12.4 Å². The topological polar surface area (TPSA) is 45.0 Å². The van der Waals surface area contributed by atoms with Gasteiger partial charge in [-0.2, -0.15) is 0 Å². The molecule has 2 aliphatic heterocycles. The molecule has 10 heavy (non-hydrogen) atoms. The first-order valence-electron chi connectivity index (χ1n) is 3.00. The molecule has 0 amide bonds. The number of rotatable bonds is 0. The Kier molecular flexibility index (Phi) is 0.845. The van der Waals surface area contributed by atoms with Gasteiger partial charge in [0.1, 0.15) is 11.3 Å². The maximum Gasteiger partial charge on any atom is 0.138 e. The van der Waals surface area contributed by atoms with Gasteiger partial charge in [0.05, 0.1) is 6.21 Å². The largest absolute Gasteiger partial charge is 0.507 e. The number of aliphatic hydroxyl groups excluding tert-OH is 1. The van der Waals surface area contributed by atoms with Gasteiger partial charge in [-0.25, -0.2) is 0 Å². The van der Waals surface area contributed by atoms with Gasteiger partial charge in [0, 0.05) is 12.4 Å². The van der Waals surface area contributed by atoms with Crippen LogP contribution in [0.2, 0.25) is 0 Å². The molecule has 1 N–H and O–H groups in total. The lowest BCUT2D eigenvalue weighted by atomic mass is 10.1. The summed E-state index contributed by atoms with van der Waals surface area (Å²) in [6.45, 7) is 0.